The number of thiazole rings is 1. The van der Waals surface area contributed by atoms with Crippen molar-refractivity contribution in [2.24, 2.45) is 5.92 Å². The number of nitrogens with zero attached hydrogens (tertiary/aromatic N) is 2. The Hall–Kier alpha value is -2.43. The van der Waals surface area contributed by atoms with E-state index in [0.717, 1.165) is 24.2 Å². The summed E-state index contributed by atoms with van der Waals surface area (Å²) in [7, 11) is -2.28. The maximum absolute atomic E-state index is 14.7. The number of anilines is 1. The van der Waals surface area contributed by atoms with Crippen LogP contribution in [0.1, 0.15) is 29.7 Å². The molecule has 0 radical (unpaired) electrons. The number of rotatable bonds is 10. The third-order valence-corrected chi connectivity index (χ3v) is 7.85. The van der Waals surface area contributed by atoms with Gasteiger partial charge in [-0.05, 0) is 49.6 Å². The van der Waals surface area contributed by atoms with Crippen molar-refractivity contribution in [3.63, 3.8) is 0 Å². The van der Waals surface area contributed by atoms with Crippen molar-refractivity contribution in [3.05, 3.63) is 75.5 Å². The zero-order valence-corrected chi connectivity index (χ0v) is 19.7. The van der Waals surface area contributed by atoms with Gasteiger partial charge in [-0.25, -0.2) is 26.6 Å². The standard InChI is InChI=1S/C23H24F3N3O2S2/c1-29(10-15-5-6-15)11-16-3-2-4-20(24)19(16)9-27-17-7-21(25)23(22(26)8-17)33(30,31)13-18-12-32-14-28-18/h2-4,7-8,12,14-15,27H,5-6,9-11,13H2,1H3. The van der Waals surface area contributed by atoms with E-state index in [4.69, 9.17) is 0 Å². The highest BCUT2D eigenvalue weighted by molar-refractivity contribution is 7.90. The quantitative estimate of drug-likeness (QED) is 0.430. The molecule has 176 valence electrons. The summed E-state index contributed by atoms with van der Waals surface area (Å²) in [5.74, 6) is -2.72. The van der Waals surface area contributed by atoms with Crippen LogP contribution in [0.15, 0.2) is 46.1 Å². The van der Waals surface area contributed by atoms with Gasteiger partial charge in [-0.15, -0.1) is 11.3 Å². The highest BCUT2D eigenvalue weighted by Crippen LogP contribution is 2.30. The molecular formula is C23H24F3N3O2S2. The Morgan fingerprint density at radius 3 is 2.52 bits per heavy atom. The molecule has 4 rings (SSSR count). The van der Waals surface area contributed by atoms with E-state index < -0.39 is 37.9 Å². The van der Waals surface area contributed by atoms with E-state index >= 15 is 0 Å². The molecule has 1 saturated carbocycles. The minimum absolute atomic E-state index is 0.00305. The van der Waals surface area contributed by atoms with Gasteiger partial charge in [-0.1, -0.05) is 12.1 Å². The predicted octanol–water partition coefficient (Wildman–Crippen LogP) is 4.99. The Labute approximate surface area is 195 Å². The monoisotopic (exact) mass is 495 g/mol. The van der Waals surface area contributed by atoms with E-state index in [1.165, 1.54) is 41.1 Å². The first-order chi connectivity index (χ1) is 15.7. The third kappa shape index (κ3) is 5.93. The molecule has 2 aromatic carbocycles. The smallest absolute Gasteiger partial charge is 0.189 e. The summed E-state index contributed by atoms with van der Waals surface area (Å²) in [5.41, 5.74) is 2.89. The van der Waals surface area contributed by atoms with Gasteiger partial charge in [-0.2, -0.15) is 0 Å². The Morgan fingerprint density at radius 2 is 1.88 bits per heavy atom. The summed E-state index contributed by atoms with van der Waals surface area (Å²) < 4.78 is 68.9. The van der Waals surface area contributed by atoms with Crippen molar-refractivity contribution in [2.45, 2.75) is 36.6 Å². The lowest BCUT2D eigenvalue weighted by atomic mass is 10.1. The van der Waals surface area contributed by atoms with Crippen molar-refractivity contribution in [2.75, 3.05) is 18.9 Å². The van der Waals surface area contributed by atoms with Gasteiger partial charge in [0.15, 0.2) is 9.84 Å². The van der Waals surface area contributed by atoms with E-state index in [1.54, 1.807) is 6.07 Å². The van der Waals surface area contributed by atoms with Gasteiger partial charge in [-0.3, -0.25) is 0 Å². The van der Waals surface area contributed by atoms with Gasteiger partial charge < -0.3 is 10.2 Å². The summed E-state index contributed by atoms with van der Waals surface area (Å²) in [6.07, 6.45) is 2.43. The number of hydrogen-bond donors (Lipinski definition) is 1. The molecule has 0 bridgehead atoms. The number of sulfone groups is 1. The average molecular weight is 496 g/mol. The predicted molar refractivity (Wildman–Crippen MR) is 122 cm³/mol. The fraction of sp³-hybridized carbons (Fsp3) is 0.348. The minimum atomic E-state index is -4.26. The van der Waals surface area contributed by atoms with E-state index in [2.05, 4.69) is 15.2 Å². The summed E-state index contributed by atoms with van der Waals surface area (Å²) in [6, 6.07) is 6.64. The molecule has 1 heterocycles. The lowest BCUT2D eigenvalue weighted by Gasteiger charge is -2.19. The normalized spacial score (nSPS) is 14.1. The van der Waals surface area contributed by atoms with Crippen LogP contribution in [0.4, 0.5) is 18.9 Å². The van der Waals surface area contributed by atoms with Crippen LogP contribution in [0.2, 0.25) is 0 Å². The zero-order valence-electron chi connectivity index (χ0n) is 18.0. The van der Waals surface area contributed by atoms with Crippen LogP contribution >= 0.6 is 11.3 Å². The molecule has 10 heteroatoms. The average Bonchev–Trinajstić information content (AvgIpc) is 3.39. The summed E-state index contributed by atoms with van der Waals surface area (Å²) in [4.78, 5) is 5.01. The molecule has 1 aliphatic rings. The molecule has 0 unspecified atom stereocenters. The van der Waals surface area contributed by atoms with Crippen molar-refractivity contribution in [3.8, 4) is 0 Å². The molecule has 0 amide bonds. The molecule has 5 nitrogen and oxygen atoms in total. The maximum atomic E-state index is 14.7. The molecule has 0 spiro atoms. The first-order valence-electron chi connectivity index (χ1n) is 10.5. The Morgan fingerprint density at radius 1 is 1.15 bits per heavy atom. The largest absolute Gasteiger partial charge is 0.381 e. The Balaban J connectivity index is 1.50. The van der Waals surface area contributed by atoms with Crippen molar-refractivity contribution < 1.29 is 21.6 Å². The van der Waals surface area contributed by atoms with E-state index in [-0.39, 0.29) is 17.9 Å². The van der Waals surface area contributed by atoms with Crippen LogP contribution in [-0.2, 0) is 28.7 Å². The van der Waals surface area contributed by atoms with Gasteiger partial charge in [0.1, 0.15) is 22.3 Å². The fourth-order valence-electron chi connectivity index (χ4n) is 3.77. The van der Waals surface area contributed by atoms with Crippen LogP contribution < -0.4 is 5.32 Å². The third-order valence-electron chi connectivity index (χ3n) is 5.52. The van der Waals surface area contributed by atoms with Crippen LogP contribution in [0.25, 0.3) is 0 Å². The number of halogens is 3. The number of benzene rings is 2. The van der Waals surface area contributed by atoms with Crippen LogP contribution in [0.3, 0.4) is 0 Å². The SMILES string of the molecule is CN(Cc1cccc(F)c1CNc1cc(F)c(S(=O)(=O)Cc2cscn2)c(F)c1)CC1CC1. The molecule has 0 aliphatic heterocycles. The lowest BCUT2D eigenvalue weighted by molar-refractivity contribution is 0.311. The Kier molecular flexibility index (Phi) is 7.06. The number of nitrogens with one attached hydrogen (secondary N) is 1. The molecule has 1 N–H and O–H groups in total. The fourth-order valence-corrected chi connectivity index (χ4v) is 5.84. The van der Waals surface area contributed by atoms with Crippen molar-refractivity contribution in [1.29, 1.82) is 0 Å². The molecule has 1 aliphatic carbocycles. The summed E-state index contributed by atoms with van der Waals surface area (Å²) in [6.45, 7) is 1.50. The lowest BCUT2D eigenvalue weighted by Crippen LogP contribution is -2.22. The second-order valence-electron chi connectivity index (χ2n) is 8.38. The maximum Gasteiger partial charge on any atom is 0.189 e. The highest BCUT2D eigenvalue weighted by Gasteiger charge is 2.26. The van der Waals surface area contributed by atoms with E-state index in [0.29, 0.717) is 18.0 Å². The first-order valence-corrected chi connectivity index (χ1v) is 13.1. The second-order valence-corrected chi connectivity index (χ2v) is 11.0. The van der Waals surface area contributed by atoms with Crippen molar-refractivity contribution in [1.82, 2.24) is 9.88 Å². The first kappa shape index (κ1) is 23.7. The molecule has 3 aromatic rings. The minimum Gasteiger partial charge on any atom is -0.381 e. The van der Waals surface area contributed by atoms with Gasteiger partial charge >= 0.3 is 0 Å². The van der Waals surface area contributed by atoms with Crippen LogP contribution in [0, 0.1) is 23.4 Å². The summed E-state index contributed by atoms with van der Waals surface area (Å²) in [5, 5.41) is 4.34. The molecule has 33 heavy (non-hydrogen) atoms. The van der Waals surface area contributed by atoms with E-state index in [9.17, 15) is 21.6 Å². The molecule has 1 aromatic heterocycles. The van der Waals surface area contributed by atoms with Gasteiger partial charge in [0.2, 0.25) is 0 Å². The molecule has 0 saturated heterocycles. The second kappa shape index (κ2) is 9.82. The topological polar surface area (TPSA) is 62.3 Å². The molecule has 0 atom stereocenters. The highest BCUT2D eigenvalue weighted by atomic mass is 32.2. The van der Waals surface area contributed by atoms with Crippen LogP contribution in [-0.4, -0.2) is 31.9 Å². The number of hydrogen-bond acceptors (Lipinski definition) is 6. The Bertz CT molecular complexity index is 1210. The molecule has 1 fully saturated rings. The summed E-state index contributed by atoms with van der Waals surface area (Å²) >= 11 is 1.20. The molecular weight excluding hydrogens is 471 g/mol. The zero-order chi connectivity index (χ0) is 23.6. The van der Waals surface area contributed by atoms with E-state index in [1.807, 2.05) is 13.1 Å². The number of aromatic nitrogens is 1. The van der Waals surface area contributed by atoms with Crippen LogP contribution in [0.5, 0.6) is 0 Å². The van der Waals surface area contributed by atoms with Gasteiger partial charge in [0.25, 0.3) is 0 Å². The van der Waals surface area contributed by atoms with Gasteiger partial charge in [0, 0.05) is 36.3 Å². The van der Waals surface area contributed by atoms with Gasteiger partial charge in [0.05, 0.1) is 17.0 Å². The van der Waals surface area contributed by atoms with Crippen molar-refractivity contribution >= 4 is 26.9 Å².